The van der Waals surface area contributed by atoms with Gasteiger partial charge in [0.25, 0.3) is 0 Å². The molecule has 2 unspecified atom stereocenters. The molecule has 0 heterocycles. The predicted molar refractivity (Wildman–Crippen MR) is 77.1 cm³/mol. The first-order chi connectivity index (χ1) is 9.81. The summed E-state index contributed by atoms with van der Waals surface area (Å²) in [4.78, 5) is -0.598. The van der Waals surface area contributed by atoms with Crippen molar-refractivity contribution < 1.29 is 17.2 Å². The van der Waals surface area contributed by atoms with Crippen LogP contribution in [0.5, 0.6) is 0 Å². The fourth-order valence-corrected chi connectivity index (χ4v) is 4.04. The number of nitrogens with one attached hydrogen (secondary N) is 1. The third kappa shape index (κ3) is 3.71. The van der Waals surface area contributed by atoms with Gasteiger partial charge in [-0.2, -0.15) is 0 Å². The molecule has 4 nitrogen and oxygen atoms in total. The van der Waals surface area contributed by atoms with E-state index in [4.69, 9.17) is 5.73 Å². The molecule has 118 valence electrons. The monoisotopic (exact) mass is 318 g/mol. The van der Waals surface area contributed by atoms with E-state index in [1.54, 1.807) is 0 Å². The minimum Gasteiger partial charge on any atom is -0.394 e. The number of rotatable bonds is 3. The Morgan fingerprint density at radius 1 is 1.19 bits per heavy atom. The Hall–Kier alpha value is -1.21. The van der Waals surface area contributed by atoms with Gasteiger partial charge in [-0.15, -0.1) is 0 Å². The van der Waals surface area contributed by atoms with Crippen LogP contribution in [0.1, 0.15) is 39.0 Å². The highest BCUT2D eigenvalue weighted by Gasteiger charge is 2.26. The van der Waals surface area contributed by atoms with Gasteiger partial charge >= 0.3 is 0 Å². The maximum Gasteiger partial charge on any atom is 0.243 e. The molecular formula is C14H20F2N2O2S. The molecule has 0 amide bonds. The minimum atomic E-state index is -4.04. The van der Waals surface area contributed by atoms with Crippen LogP contribution in [0, 0.1) is 17.6 Å². The first-order valence-corrected chi connectivity index (χ1v) is 8.55. The van der Waals surface area contributed by atoms with E-state index in [1.165, 1.54) is 0 Å². The number of nitrogens with two attached hydrogens (primary N) is 1. The van der Waals surface area contributed by atoms with Crippen molar-refractivity contribution >= 4 is 15.7 Å². The summed E-state index contributed by atoms with van der Waals surface area (Å²) in [6, 6.07) is 1.55. The molecule has 0 radical (unpaired) electrons. The summed E-state index contributed by atoms with van der Waals surface area (Å²) in [7, 11) is -4.04. The van der Waals surface area contributed by atoms with Crippen molar-refractivity contribution in [2.24, 2.45) is 5.92 Å². The second-order valence-corrected chi connectivity index (χ2v) is 7.39. The van der Waals surface area contributed by atoms with Crippen LogP contribution in [0.25, 0.3) is 0 Å². The Morgan fingerprint density at radius 2 is 1.90 bits per heavy atom. The normalized spacial score (nSPS) is 23.8. The lowest BCUT2D eigenvalue weighted by molar-refractivity contribution is 0.482. The largest absolute Gasteiger partial charge is 0.394 e. The average Bonchev–Trinajstić information content (AvgIpc) is 2.60. The molecule has 1 aliphatic rings. The summed E-state index contributed by atoms with van der Waals surface area (Å²) in [6.45, 7) is 2.14. The molecule has 0 spiro atoms. The molecule has 1 aliphatic carbocycles. The van der Waals surface area contributed by atoms with E-state index >= 15 is 0 Å². The number of hydrogen-bond acceptors (Lipinski definition) is 3. The fourth-order valence-electron chi connectivity index (χ4n) is 2.64. The zero-order valence-electron chi connectivity index (χ0n) is 11.9. The van der Waals surface area contributed by atoms with E-state index in [0.717, 1.165) is 44.2 Å². The molecule has 21 heavy (non-hydrogen) atoms. The summed E-state index contributed by atoms with van der Waals surface area (Å²) in [6.07, 6.45) is 4.38. The highest BCUT2D eigenvalue weighted by Crippen LogP contribution is 2.26. The number of anilines is 1. The second kappa shape index (κ2) is 6.27. The van der Waals surface area contributed by atoms with Crippen LogP contribution in [0.2, 0.25) is 0 Å². The quantitative estimate of drug-likeness (QED) is 0.665. The lowest BCUT2D eigenvalue weighted by atomic mass is 10.0. The van der Waals surface area contributed by atoms with Gasteiger partial charge in [0.15, 0.2) is 5.82 Å². The van der Waals surface area contributed by atoms with E-state index in [1.807, 2.05) is 0 Å². The van der Waals surface area contributed by atoms with Crippen LogP contribution in [-0.4, -0.2) is 14.5 Å². The first-order valence-electron chi connectivity index (χ1n) is 7.07. The summed E-state index contributed by atoms with van der Waals surface area (Å²) >= 11 is 0. The summed E-state index contributed by atoms with van der Waals surface area (Å²) < 4.78 is 54.0. The van der Waals surface area contributed by atoms with Crippen LogP contribution >= 0.6 is 0 Å². The van der Waals surface area contributed by atoms with E-state index in [-0.39, 0.29) is 6.04 Å². The van der Waals surface area contributed by atoms with Gasteiger partial charge < -0.3 is 5.73 Å². The first kappa shape index (κ1) is 16.2. The summed E-state index contributed by atoms with van der Waals surface area (Å²) in [5, 5.41) is 0. The van der Waals surface area contributed by atoms with Crippen molar-refractivity contribution in [1.29, 1.82) is 0 Å². The molecule has 0 bridgehead atoms. The third-order valence-electron chi connectivity index (χ3n) is 3.96. The molecule has 1 aromatic carbocycles. The van der Waals surface area contributed by atoms with Gasteiger partial charge in [0.2, 0.25) is 10.0 Å². The molecule has 0 aromatic heterocycles. The Labute approximate surface area is 123 Å². The van der Waals surface area contributed by atoms with Crippen LogP contribution in [0.4, 0.5) is 14.5 Å². The van der Waals surface area contributed by atoms with Crippen LogP contribution in [0.15, 0.2) is 17.0 Å². The molecule has 1 aromatic rings. The molecule has 7 heteroatoms. The SMILES string of the molecule is CC1CCCC(NS(=O)(=O)c2ccc(F)c(N)c2F)CC1. The highest BCUT2D eigenvalue weighted by atomic mass is 32.2. The Kier molecular flexibility index (Phi) is 4.83. The zero-order valence-corrected chi connectivity index (χ0v) is 12.7. The van der Waals surface area contributed by atoms with Crippen LogP contribution < -0.4 is 10.5 Å². The number of hydrogen-bond donors (Lipinski definition) is 2. The average molecular weight is 318 g/mol. The number of nitrogen functional groups attached to an aromatic ring is 1. The Balaban J connectivity index is 2.21. The van der Waals surface area contributed by atoms with Gasteiger partial charge in [-0.05, 0) is 37.3 Å². The minimum absolute atomic E-state index is 0.217. The fraction of sp³-hybridized carbons (Fsp3) is 0.571. The van der Waals surface area contributed by atoms with Crippen molar-refractivity contribution in [3.63, 3.8) is 0 Å². The molecule has 2 atom stereocenters. The van der Waals surface area contributed by atoms with E-state index in [0.29, 0.717) is 5.92 Å². The van der Waals surface area contributed by atoms with Gasteiger partial charge in [-0.25, -0.2) is 21.9 Å². The third-order valence-corrected chi connectivity index (χ3v) is 5.50. The lowest BCUT2D eigenvalue weighted by Gasteiger charge is -2.17. The van der Waals surface area contributed by atoms with Crippen molar-refractivity contribution in [2.75, 3.05) is 5.73 Å². The van der Waals surface area contributed by atoms with Crippen LogP contribution in [-0.2, 0) is 10.0 Å². The van der Waals surface area contributed by atoms with E-state index < -0.39 is 32.2 Å². The van der Waals surface area contributed by atoms with Crippen molar-refractivity contribution in [2.45, 2.75) is 50.0 Å². The van der Waals surface area contributed by atoms with Crippen molar-refractivity contribution in [3.8, 4) is 0 Å². The molecule has 0 saturated heterocycles. The number of benzene rings is 1. The topological polar surface area (TPSA) is 72.2 Å². The van der Waals surface area contributed by atoms with Gasteiger partial charge in [-0.1, -0.05) is 19.8 Å². The standard InChI is InChI=1S/C14H20F2N2O2S/c1-9-3-2-4-10(6-5-9)18-21(19,20)12-8-7-11(15)14(17)13(12)16/h7-10,18H,2-6,17H2,1H3. The molecular weight excluding hydrogens is 298 g/mol. The molecule has 0 aliphatic heterocycles. The van der Waals surface area contributed by atoms with Crippen molar-refractivity contribution in [3.05, 3.63) is 23.8 Å². The van der Waals surface area contributed by atoms with Gasteiger partial charge in [0.1, 0.15) is 16.4 Å². The summed E-state index contributed by atoms with van der Waals surface area (Å²) in [5.41, 5.74) is 4.44. The molecule has 1 fully saturated rings. The summed E-state index contributed by atoms with van der Waals surface area (Å²) in [5.74, 6) is -1.63. The number of sulfonamides is 1. The Bertz CT molecular complexity index is 620. The smallest absolute Gasteiger partial charge is 0.243 e. The zero-order chi connectivity index (χ0) is 15.6. The van der Waals surface area contributed by atoms with Crippen LogP contribution in [0.3, 0.4) is 0 Å². The highest BCUT2D eigenvalue weighted by molar-refractivity contribution is 7.89. The van der Waals surface area contributed by atoms with E-state index in [2.05, 4.69) is 11.6 Å². The molecule has 2 rings (SSSR count). The second-order valence-electron chi connectivity index (χ2n) is 5.70. The maximum atomic E-state index is 13.9. The number of halogens is 2. The Morgan fingerprint density at radius 3 is 2.62 bits per heavy atom. The molecule has 1 saturated carbocycles. The molecule has 3 N–H and O–H groups in total. The van der Waals surface area contributed by atoms with Crippen molar-refractivity contribution in [1.82, 2.24) is 4.72 Å². The van der Waals surface area contributed by atoms with E-state index in [9.17, 15) is 17.2 Å². The van der Waals surface area contributed by atoms with Gasteiger partial charge in [0.05, 0.1) is 0 Å². The van der Waals surface area contributed by atoms with Gasteiger partial charge in [0, 0.05) is 6.04 Å². The predicted octanol–water partition coefficient (Wildman–Crippen LogP) is 2.79. The lowest BCUT2D eigenvalue weighted by Crippen LogP contribution is -2.35. The maximum absolute atomic E-state index is 13.9. The van der Waals surface area contributed by atoms with Gasteiger partial charge in [-0.3, -0.25) is 0 Å².